The fraction of sp³-hybridized carbons (Fsp3) is 0.182. The Morgan fingerprint density at radius 1 is 0.778 bits per heavy atom. The van der Waals surface area contributed by atoms with Crippen LogP contribution in [0.3, 0.4) is 0 Å². The molecule has 0 saturated carbocycles. The molecule has 0 heterocycles. The van der Waals surface area contributed by atoms with E-state index in [1.165, 1.54) is 0 Å². The van der Waals surface area contributed by atoms with Gasteiger partial charge in [-0.1, -0.05) is 66.2 Å². The van der Waals surface area contributed by atoms with Crippen LogP contribution >= 0.6 is 11.6 Å². The highest BCUT2D eigenvalue weighted by atomic mass is 35.5. The number of ether oxygens (including phenoxy) is 2. The molecule has 2 aliphatic rings. The highest BCUT2D eigenvalue weighted by Gasteiger charge is 2.33. The Morgan fingerprint density at radius 2 is 1.30 bits per heavy atom. The Balaban J connectivity index is 2.37. The third-order valence-electron chi connectivity index (χ3n) is 4.18. The van der Waals surface area contributed by atoms with Gasteiger partial charge in [0.05, 0.1) is 29.4 Å². The Morgan fingerprint density at radius 3 is 1.89 bits per heavy atom. The van der Waals surface area contributed by atoms with E-state index >= 15 is 0 Å². The van der Waals surface area contributed by atoms with Crippen molar-refractivity contribution in [3.63, 3.8) is 0 Å². The zero-order valence-electron chi connectivity index (χ0n) is 15.1. The topological polar surface area (TPSA) is 52.6 Å². The quantitative estimate of drug-likeness (QED) is 0.549. The van der Waals surface area contributed by atoms with Crippen LogP contribution in [0.5, 0.6) is 0 Å². The molecule has 2 aliphatic carbocycles. The van der Waals surface area contributed by atoms with Crippen LogP contribution < -0.4 is 0 Å². The normalized spacial score (nSPS) is 10.6. The first-order chi connectivity index (χ1) is 13.1. The third-order valence-corrected chi connectivity index (χ3v) is 4.56. The van der Waals surface area contributed by atoms with Crippen molar-refractivity contribution in [1.29, 1.82) is 0 Å². The summed E-state index contributed by atoms with van der Waals surface area (Å²) in [6.07, 6.45) is 0. The molecule has 4 nitrogen and oxygen atoms in total. The van der Waals surface area contributed by atoms with Gasteiger partial charge in [-0.25, -0.2) is 9.59 Å². The zero-order valence-corrected chi connectivity index (χ0v) is 15.9. The van der Waals surface area contributed by atoms with Gasteiger partial charge in [-0.15, -0.1) is 0 Å². The molecule has 1 aromatic carbocycles. The molecular formula is C22H19ClO4. The van der Waals surface area contributed by atoms with E-state index < -0.39 is 11.9 Å². The predicted octanol–water partition coefficient (Wildman–Crippen LogP) is 5.47. The Labute approximate surface area is 163 Å². The number of hydrogen-bond donors (Lipinski definition) is 0. The highest BCUT2D eigenvalue weighted by molar-refractivity contribution is 6.39. The first-order valence-electron chi connectivity index (χ1n) is 8.74. The molecule has 3 rings (SSSR count). The summed E-state index contributed by atoms with van der Waals surface area (Å²) in [5, 5.41) is 0.0604. The van der Waals surface area contributed by atoms with Gasteiger partial charge in [-0.05, 0) is 30.5 Å². The van der Waals surface area contributed by atoms with Crippen molar-refractivity contribution >= 4 is 23.5 Å². The van der Waals surface area contributed by atoms with E-state index in [1.807, 2.05) is 48.5 Å². The van der Waals surface area contributed by atoms with E-state index in [0.29, 0.717) is 11.1 Å². The van der Waals surface area contributed by atoms with Crippen LogP contribution in [0.1, 0.15) is 34.6 Å². The zero-order chi connectivity index (χ0) is 19.4. The van der Waals surface area contributed by atoms with Crippen LogP contribution in [0.2, 0.25) is 5.02 Å². The summed E-state index contributed by atoms with van der Waals surface area (Å²) in [5.41, 5.74) is 3.21. The third kappa shape index (κ3) is 3.53. The second-order valence-corrected chi connectivity index (χ2v) is 6.17. The Kier molecular flexibility index (Phi) is 5.77. The summed E-state index contributed by atoms with van der Waals surface area (Å²) in [7, 11) is 0. The smallest absolute Gasteiger partial charge is 0.340 e. The molecule has 0 saturated heterocycles. The molecule has 0 N–H and O–H groups in total. The minimum atomic E-state index is -0.563. The number of fused-ring (bicyclic) bond motifs is 1. The minimum Gasteiger partial charge on any atom is -0.462 e. The van der Waals surface area contributed by atoms with Gasteiger partial charge >= 0.3 is 11.9 Å². The lowest BCUT2D eigenvalue weighted by atomic mass is 9.96. The molecule has 5 heteroatoms. The van der Waals surface area contributed by atoms with Crippen LogP contribution in [0.15, 0.2) is 54.6 Å². The summed E-state index contributed by atoms with van der Waals surface area (Å²) in [6.45, 7) is 3.86. The van der Waals surface area contributed by atoms with Crippen molar-refractivity contribution in [2.24, 2.45) is 0 Å². The summed E-state index contributed by atoms with van der Waals surface area (Å²) in [5.74, 6) is -1.13. The van der Waals surface area contributed by atoms with E-state index in [9.17, 15) is 9.59 Å². The van der Waals surface area contributed by atoms with E-state index in [1.54, 1.807) is 19.9 Å². The fourth-order valence-corrected chi connectivity index (χ4v) is 3.45. The summed E-state index contributed by atoms with van der Waals surface area (Å²) < 4.78 is 10.4. The molecular weight excluding hydrogens is 364 g/mol. The van der Waals surface area contributed by atoms with Gasteiger partial charge in [0.2, 0.25) is 0 Å². The van der Waals surface area contributed by atoms with Crippen LogP contribution in [-0.4, -0.2) is 25.2 Å². The van der Waals surface area contributed by atoms with Crippen molar-refractivity contribution < 1.29 is 19.1 Å². The van der Waals surface area contributed by atoms with Gasteiger partial charge in [0.25, 0.3) is 0 Å². The number of hydrogen-bond acceptors (Lipinski definition) is 4. The number of benzene rings is 1. The molecule has 0 amide bonds. The van der Waals surface area contributed by atoms with Crippen molar-refractivity contribution in [3.8, 4) is 22.3 Å². The number of carbonyl (C=O) groups is 2. The molecule has 0 bridgehead atoms. The lowest BCUT2D eigenvalue weighted by Crippen LogP contribution is -2.06. The van der Waals surface area contributed by atoms with E-state index in [2.05, 4.69) is 0 Å². The molecule has 0 radical (unpaired) electrons. The molecule has 0 atom stereocenters. The van der Waals surface area contributed by atoms with Crippen LogP contribution in [0.4, 0.5) is 0 Å². The monoisotopic (exact) mass is 382 g/mol. The maximum Gasteiger partial charge on any atom is 0.340 e. The number of carbonyl (C=O) groups excluding carboxylic acids is 2. The van der Waals surface area contributed by atoms with Gasteiger partial charge in [0.15, 0.2) is 0 Å². The second-order valence-electron chi connectivity index (χ2n) is 5.79. The second kappa shape index (κ2) is 8.23. The molecule has 1 aromatic rings. The van der Waals surface area contributed by atoms with Gasteiger partial charge in [-0.2, -0.15) is 0 Å². The summed E-state index contributed by atoms with van der Waals surface area (Å²) in [4.78, 5) is 25.3. The van der Waals surface area contributed by atoms with Crippen molar-refractivity contribution in [3.05, 3.63) is 70.7 Å². The molecule has 0 aromatic heterocycles. The van der Waals surface area contributed by atoms with Gasteiger partial charge < -0.3 is 9.47 Å². The number of rotatable bonds is 5. The fourth-order valence-electron chi connectivity index (χ4n) is 3.10. The molecule has 27 heavy (non-hydrogen) atoms. The average molecular weight is 383 g/mol. The van der Waals surface area contributed by atoms with Crippen LogP contribution in [0, 0.1) is 0 Å². The Hall–Kier alpha value is -2.85. The van der Waals surface area contributed by atoms with Crippen LogP contribution in [-0.2, 0) is 9.47 Å². The largest absolute Gasteiger partial charge is 0.462 e. The molecule has 0 unspecified atom stereocenters. The van der Waals surface area contributed by atoms with Gasteiger partial charge in [0, 0.05) is 5.56 Å². The molecule has 0 aliphatic heterocycles. The van der Waals surface area contributed by atoms with Gasteiger partial charge in [0.1, 0.15) is 0 Å². The lowest BCUT2D eigenvalue weighted by molar-refractivity contribution is 0.0525. The molecule has 0 spiro atoms. The number of halogens is 1. The minimum absolute atomic E-state index is 0.0604. The van der Waals surface area contributed by atoms with Crippen molar-refractivity contribution in [2.75, 3.05) is 13.2 Å². The highest BCUT2D eigenvalue weighted by Crippen LogP contribution is 2.45. The van der Waals surface area contributed by atoms with E-state index in [0.717, 1.165) is 11.1 Å². The number of esters is 2. The Bertz CT molecular complexity index is 950. The average Bonchev–Trinajstić information content (AvgIpc) is 2.80. The van der Waals surface area contributed by atoms with E-state index in [-0.39, 0.29) is 29.4 Å². The first-order valence-corrected chi connectivity index (χ1v) is 9.11. The van der Waals surface area contributed by atoms with Crippen molar-refractivity contribution in [2.45, 2.75) is 13.8 Å². The SMILES string of the molecule is CCOC(=O)c1c2ccccc(-c3ccccc3)c-2c(C(=O)OCC)c1Cl. The molecule has 138 valence electrons. The first kappa shape index (κ1) is 18.9. The van der Waals surface area contributed by atoms with Gasteiger partial charge in [-0.3, -0.25) is 0 Å². The van der Waals surface area contributed by atoms with E-state index in [4.69, 9.17) is 21.1 Å². The predicted molar refractivity (Wildman–Crippen MR) is 105 cm³/mol. The van der Waals surface area contributed by atoms with Crippen LogP contribution in [0.25, 0.3) is 22.3 Å². The maximum atomic E-state index is 12.7. The van der Waals surface area contributed by atoms with Crippen molar-refractivity contribution in [1.82, 2.24) is 0 Å². The molecule has 0 fully saturated rings. The lowest BCUT2D eigenvalue weighted by Gasteiger charge is -2.09. The summed E-state index contributed by atoms with van der Waals surface area (Å²) in [6, 6.07) is 16.9. The maximum absolute atomic E-state index is 12.7. The summed E-state index contributed by atoms with van der Waals surface area (Å²) >= 11 is 6.51. The standard InChI is InChI=1S/C22H19ClO4/c1-3-26-21(24)18-16-13-9-8-12-15(14-10-6-5-7-11-14)17(16)19(20(18)23)22(25)27-4-2/h5-13H,3-4H2,1-2H3.